The number of benzene rings is 2. The van der Waals surface area contributed by atoms with Gasteiger partial charge in [0.25, 0.3) is 5.91 Å². The summed E-state index contributed by atoms with van der Waals surface area (Å²) in [5.41, 5.74) is 1.29. The van der Waals surface area contributed by atoms with Crippen LogP contribution in [0.15, 0.2) is 72.9 Å². The van der Waals surface area contributed by atoms with Crippen LogP contribution in [0.25, 0.3) is 0 Å². The Morgan fingerprint density at radius 1 is 0.951 bits per heavy atom. The predicted octanol–water partition coefficient (Wildman–Crippen LogP) is 4.94. The van der Waals surface area contributed by atoms with E-state index in [0.29, 0.717) is 24.4 Å². The molecule has 0 unspecified atom stereocenters. The van der Waals surface area contributed by atoms with Gasteiger partial charge in [0.2, 0.25) is 11.8 Å². The fraction of sp³-hybridized carbons (Fsp3) is 0.387. The van der Waals surface area contributed by atoms with Crippen molar-refractivity contribution in [3.63, 3.8) is 0 Å². The number of amides is 2. The van der Waals surface area contributed by atoms with E-state index >= 15 is 0 Å². The predicted molar refractivity (Wildman–Crippen MR) is 147 cm³/mol. The first-order valence-electron chi connectivity index (χ1n) is 13.9. The molecule has 0 spiro atoms. The zero-order valence-corrected chi connectivity index (χ0v) is 22.6. The monoisotopic (exact) mass is 566 g/mol. The summed E-state index contributed by atoms with van der Waals surface area (Å²) in [7, 11) is 0. The molecule has 0 radical (unpaired) electrons. The number of ether oxygens (including phenoxy) is 1. The number of hydrogen-bond donors (Lipinski definition) is 2. The van der Waals surface area contributed by atoms with E-state index in [1.54, 1.807) is 0 Å². The molecular formula is C31H33F3N4O3. The molecule has 2 N–H and O–H groups in total. The molecule has 10 heteroatoms. The van der Waals surface area contributed by atoms with E-state index in [0.717, 1.165) is 56.5 Å². The lowest BCUT2D eigenvalue weighted by Gasteiger charge is -2.46. The molecule has 5 rings (SSSR count). The molecule has 1 aliphatic carbocycles. The van der Waals surface area contributed by atoms with E-state index in [2.05, 4.69) is 26.6 Å². The third kappa shape index (κ3) is 7.64. The first kappa shape index (κ1) is 28.6. The number of nitrogens with zero attached hydrogens (tertiary/aromatic N) is 2. The van der Waals surface area contributed by atoms with Crippen molar-refractivity contribution in [1.82, 2.24) is 20.5 Å². The number of aromatic nitrogens is 1. The molecule has 2 amide bonds. The van der Waals surface area contributed by atoms with E-state index in [9.17, 15) is 22.8 Å². The van der Waals surface area contributed by atoms with Gasteiger partial charge in [-0.25, -0.2) is 4.98 Å². The second-order valence-electron chi connectivity index (χ2n) is 10.7. The lowest BCUT2D eigenvalue weighted by Crippen LogP contribution is -2.63. The van der Waals surface area contributed by atoms with Crippen molar-refractivity contribution in [3.05, 3.63) is 95.2 Å². The zero-order valence-electron chi connectivity index (χ0n) is 22.6. The van der Waals surface area contributed by atoms with E-state index in [1.165, 1.54) is 17.7 Å². The van der Waals surface area contributed by atoms with E-state index in [1.807, 2.05) is 42.6 Å². The summed E-state index contributed by atoms with van der Waals surface area (Å²) in [6, 6.07) is 18.6. The average Bonchev–Trinajstić information content (AvgIpc) is 2.97. The molecule has 1 aliphatic heterocycles. The Hall–Kier alpha value is -3.92. The van der Waals surface area contributed by atoms with Crippen molar-refractivity contribution < 1.29 is 27.5 Å². The van der Waals surface area contributed by atoms with Crippen LogP contribution in [0.2, 0.25) is 0 Å². The number of rotatable bonds is 9. The fourth-order valence-corrected chi connectivity index (χ4v) is 5.50. The van der Waals surface area contributed by atoms with Crippen LogP contribution in [0.5, 0.6) is 5.88 Å². The molecule has 1 saturated heterocycles. The first-order chi connectivity index (χ1) is 19.7. The smallest absolute Gasteiger partial charge is 0.416 e. The van der Waals surface area contributed by atoms with Gasteiger partial charge < -0.3 is 15.4 Å². The summed E-state index contributed by atoms with van der Waals surface area (Å²) in [5.74, 6) is 0.0134. The number of halogens is 3. The van der Waals surface area contributed by atoms with Crippen LogP contribution in [-0.4, -0.2) is 53.4 Å². The molecule has 41 heavy (non-hydrogen) atoms. The zero-order chi connectivity index (χ0) is 28.8. The Bertz CT molecular complexity index is 1320. The van der Waals surface area contributed by atoms with Crippen LogP contribution >= 0.6 is 0 Å². The van der Waals surface area contributed by atoms with Crippen LogP contribution in [-0.2, 0) is 17.6 Å². The van der Waals surface area contributed by atoms with Gasteiger partial charge in [-0.05, 0) is 60.9 Å². The lowest BCUT2D eigenvalue weighted by atomic mass is 9.81. The molecule has 216 valence electrons. The minimum atomic E-state index is -4.54. The standard InChI is InChI=1S/C31H33F3N4O3/c32-31(33,34)25-8-4-7-23(15-25)30(40)36-17-28(39)37-26-18-38(19-26)27-12-9-22(10-13-27)24-11-14-29(35-16-24)41-20-21-5-2-1-3-6-21/h1-8,11,14-16,22,26-27H,9-10,12-13,17-20H2,(H,36,40)(H,37,39). The average molecular weight is 567 g/mol. The molecule has 1 aromatic heterocycles. The Morgan fingerprint density at radius 3 is 2.39 bits per heavy atom. The van der Waals surface area contributed by atoms with Gasteiger partial charge in [0.1, 0.15) is 6.61 Å². The van der Waals surface area contributed by atoms with Crippen LogP contribution in [0.3, 0.4) is 0 Å². The maximum absolute atomic E-state index is 12.9. The summed E-state index contributed by atoms with van der Waals surface area (Å²) in [4.78, 5) is 31.4. The van der Waals surface area contributed by atoms with Crippen molar-refractivity contribution in [2.45, 2.75) is 56.5 Å². The van der Waals surface area contributed by atoms with Crippen molar-refractivity contribution in [1.29, 1.82) is 0 Å². The van der Waals surface area contributed by atoms with Gasteiger partial charge in [-0.3, -0.25) is 14.5 Å². The number of likely N-dealkylation sites (tertiary alicyclic amines) is 1. The molecule has 7 nitrogen and oxygen atoms in total. The van der Waals surface area contributed by atoms with Gasteiger partial charge in [0.15, 0.2) is 0 Å². The highest BCUT2D eigenvalue weighted by molar-refractivity contribution is 5.96. The maximum atomic E-state index is 12.9. The number of carbonyl (C=O) groups excluding carboxylic acids is 2. The van der Waals surface area contributed by atoms with Crippen LogP contribution in [0.4, 0.5) is 13.2 Å². The third-order valence-electron chi connectivity index (χ3n) is 7.81. The minimum Gasteiger partial charge on any atom is -0.473 e. The number of alkyl halides is 3. The Kier molecular flexibility index (Phi) is 8.87. The van der Waals surface area contributed by atoms with Crippen LogP contribution in [0, 0.1) is 0 Å². The van der Waals surface area contributed by atoms with E-state index < -0.39 is 17.6 Å². The third-order valence-corrected chi connectivity index (χ3v) is 7.81. The van der Waals surface area contributed by atoms with Crippen LogP contribution < -0.4 is 15.4 Å². The van der Waals surface area contributed by atoms with E-state index in [4.69, 9.17) is 4.74 Å². The Morgan fingerprint density at radius 2 is 1.71 bits per heavy atom. The summed E-state index contributed by atoms with van der Waals surface area (Å²) < 4.78 is 44.4. The summed E-state index contributed by atoms with van der Waals surface area (Å²) in [6.45, 7) is 1.69. The van der Waals surface area contributed by atoms with Crippen molar-refractivity contribution in [2.24, 2.45) is 0 Å². The van der Waals surface area contributed by atoms with Gasteiger partial charge in [-0.15, -0.1) is 0 Å². The molecule has 2 aromatic carbocycles. The molecule has 0 bridgehead atoms. The number of pyridine rings is 1. The largest absolute Gasteiger partial charge is 0.473 e. The maximum Gasteiger partial charge on any atom is 0.416 e. The Balaban J connectivity index is 0.987. The SMILES string of the molecule is O=C(CNC(=O)c1cccc(C(F)(F)F)c1)NC1CN(C2CCC(c3ccc(OCc4ccccc4)nc3)CC2)C1. The molecule has 2 heterocycles. The second kappa shape index (κ2) is 12.7. The van der Waals surface area contributed by atoms with Gasteiger partial charge >= 0.3 is 6.18 Å². The highest BCUT2D eigenvalue weighted by Crippen LogP contribution is 2.36. The molecule has 1 saturated carbocycles. The van der Waals surface area contributed by atoms with Gasteiger partial charge in [0, 0.05) is 37.0 Å². The molecule has 0 atom stereocenters. The Labute approximate surface area is 237 Å². The highest BCUT2D eigenvalue weighted by atomic mass is 19.4. The highest BCUT2D eigenvalue weighted by Gasteiger charge is 2.35. The number of hydrogen-bond acceptors (Lipinski definition) is 5. The second-order valence-corrected chi connectivity index (χ2v) is 10.7. The van der Waals surface area contributed by atoms with E-state index in [-0.39, 0.29) is 24.1 Å². The van der Waals surface area contributed by atoms with Crippen molar-refractivity contribution >= 4 is 11.8 Å². The molecule has 2 fully saturated rings. The van der Waals surface area contributed by atoms with Gasteiger partial charge in [0.05, 0.1) is 18.2 Å². The normalized spacial score (nSPS) is 19.7. The van der Waals surface area contributed by atoms with Crippen molar-refractivity contribution in [2.75, 3.05) is 19.6 Å². The summed E-state index contributed by atoms with van der Waals surface area (Å²) in [5, 5.41) is 5.29. The summed E-state index contributed by atoms with van der Waals surface area (Å²) >= 11 is 0. The minimum absolute atomic E-state index is 0.00156. The van der Waals surface area contributed by atoms with Gasteiger partial charge in [-0.2, -0.15) is 13.2 Å². The number of carbonyl (C=O) groups is 2. The topological polar surface area (TPSA) is 83.6 Å². The van der Waals surface area contributed by atoms with Crippen LogP contribution in [0.1, 0.15) is 58.6 Å². The van der Waals surface area contributed by atoms with Crippen molar-refractivity contribution in [3.8, 4) is 5.88 Å². The molecule has 2 aliphatic rings. The van der Waals surface area contributed by atoms with Gasteiger partial charge in [-0.1, -0.05) is 42.5 Å². The first-order valence-corrected chi connectivity index (χ1v) is 13.9. The quantitative estimate of drug-likeness (QED) is 0.384. The molecule has 3 aromatic rings. The number of nitrogens with one attached hydrogen (secondary N) is 2. The fourth-order valence-electron chi connectivity index (χ4n) is 5.50. The molecular weight excluding hydrogens is 533 g/mol. The summed E-state index contributed by atoms with van der Waals surface area (Å²) in [6.07, 6.45) is 1.68. The lowest BCUT2D eigenvalue weighted by molar-refractivity contribution is -0.137.